The molecule has 57 heavy (non-hydrogen) atoms. The van der Waals surface area contributed by atoms with E-state index in [-0.39, 0.29) is 85.1 Å². The molecule has 6 N–H and O–H groups in total. The lowest BCUT2D eigenvalue weighted by Gasteiger charge is -2.14. The van der Waals surface area contributed by atoms with Gasteiger partial charge in [-0.05, 0) is 48.5 Å². The topological polar surface area (TPSA) is 339 Å². The van der Waals surface area contributed by atoms with Crippen molar-refractivity contribution in [3.8, 4) is 5.75 Å². The predicted molar refractivity (Wildman–Crippen MR) is 198 cm³/mol. The minimum absolute atomic E-state index is 0.000803. The standard InChI is InChI=1S/C27H27N5O19S6/c33-27-19-8-9-22(28-16-57(41,42)43)25(31-30-21-6-1-2-7-24(21)56(39,40)13-11-45-54-51-48-36)20(19)15-23(52-49-46-34)26(27)32-29-17-4-3-5-18(14-17)55(37,38)12-10-44-53-50-47-35/h1-9,14-15,28,33-36H,10-13,16H2,(H,41,42,43)/b31-30+,32-29+. The Hall–Kier alpha value is -3.64. The number of nitrogens with zero attached hydrogens (tertiary/aromatic N) is 4. The van der Waals surface area contributed by atoms with Crippen LogP contribution in [0.1, 0.15) is 0 Å². The highest BCUT2D eigenvalue weighted by atomic mass is 32.2. The zero-order chi connectivity index (χ0) is 41.5. The number of nitrogens with one attached hydrogen (secondary N) is 1. The minimum Gasteiger partial charge on any atom is -0.505 e. The summed E-state index contributed by atoms with van der Waals surface area (Å²) in [6.07, 6.45) is 0. The molecule has 0 unspecified atom stereocenters. The van der Waals surface area contributed by atoms with E-state index >= 15 is 0 Å². The normalized spacial score (nSPS) is 12.6. The van der Waals surface area contributed by atoms with E-state index in [9.17, 15) is 34.9 Å². The van der Waals surface area contributed by atoms with Gasteiger partial charge in [0.2, 0.25) is 0 Å². The molecule has 0 radical (unpaired) electrons. The summed E-state index contributed by atoms with van der Waals surface area (Å²) in [4.78, 5) is -0.590. The van der Waals surface area contributed by atoms with Gasteiger partial charge in [0.05, 0.1) is 62.8 Å². The van der Waals surface area contributed by atoms with E-state index in [0.717, 1.165) is 0 Å². The van der Waals surface area contributed by atoms with E-state index in [1.54, 1.807) is 0 Å². The van der Waals surface area contributed by atoms with Gasteiger partial charge in [0.25, 0.3) is 10.1 Å². The fourth-order valence-corrected chi connectivity index (χ4v) is 8.26. The molecule has 0 spiro atoms. The van der Waals surface area contributed by atoms with Crippen LogP contribution in [0.4, 0.5) is 28.4 Å². The zero-order valence-corrected chi connectivity index (χ0v) is 33.0. The molecular weight excluding hydrogens is 891 g/mol. The third-order valence-corrected chi connectivity index (χ3v) is 12.1. The number of azo groups is 2. The van der Waals surface area contributed by atoms with Crippen LogP contribution in [0.2, 0.25) is 0 Å². The molecule has 0 atom stereocenters. The van der Waals surface area contributed by atoms with Crippen molar-refractivity contribution >= 4 is 106 Å². The van der Waals surface area contributed by atoms with Crippen LogP contribution in [-0.2, 0) is 66.3 Å². The zero-order valence-electron chi connectivity index (χ0n) is 28.1. The third kappa shape index (κ3) is 13.7. The Kier molecular flexibility index (Phi) is 17.7. The molecule has 0 aliphatic carbocycles. The first-order valence-electron chi connectivity index (χ1n) is 14.9. The molecule has 0 saturated carbocycles. The minimum atomic E-state index is -4.60. The number of hydrogen-bond acceptors (Lipinski definition) is 26. The van der Waals surface area contributed by atoms with Gasteiger partial charge >= 0.3 is 0 Å². The fourth-order valence-electron chi connectivity index (χ4n) is 4.44. The average molecular weight is 918 g/mol. The molecule has 0 fully saturated rings. The maximum Gasteiger partial charge on any atom is 0.283 e. The summed E-state index contributed by atoms with van der Waals surface area (Å²) >= 11 is 0.690. The van der Waals surface area contributed by atoms with Crippen molar-refractivity contribution in [2.45, 2.75) is 14.7 Å². The molecule has 0 saturated heterocycles. The summed E-state index contributed by atoms with van der Waals surface area (Å²) in [6, 6.07) is 14.5. The highest BCUT2D eigenvalue weighted by Crippen LogP contribution is 2.48. The van der Waals surface area contributed by atoms with E-state index in [1.165, 1.54) is 66.7 Å². The van der Waals surface area contributed by atoms with Crippen molar-refractivity contribution in [2.75, 3.05) is 35.9 Å². The van der Waals surface area contributed by atoms with Gasteiger partial charge in [-0.3, -0.25) is 12.9 Å². The van der Waals surface area contributed by atoms with Crippen LogP contribution in [0, 0.1) is 0 Å². The number of hydrogen-bond donors (Lipinski definition) is 6. The average Bonchev–Trinajstić information content (AvgIpc) is 3.18. The lowest BCUT2D eigenvalue weighted by atomic mass is 10.1. The molecule has 30 heteroatoms. The fraction of sp³-hybridized carbons (Fsp3) is 0.185. The van der Waals surface area contributed by atoms with Gasteiger partial charge in [0.15, 0.2) is 50.1 Å². The first-order valence-corrected chi connectivity index (χ1v) is 21.9. The highest BCUT2D eigenvalue weighted by Gasteiger charge is 2.22. The second-order valence-electron chi connectivity index (χ2n) is 10.3. The number of sulfone groups is 2. The Morgan fingerprint density at radius 3 is 1.98 bits per heavy atom. The summed E-state index contributed by atoms with van der Waals surface area (Å²) in [6.45, 7) is -0.762. The smallest absolute Gasteiger partial charge is 0.283 e. The molecule has 0 aliphatic heterocycles. The van der Waals surface area contributed by atoms with Crippen LogP contribution >= 0.6 is 36.7 Å². The summed E-state index contributed by atoms with van der Waals surface area (Å²) in [7, 11) is -12.6. The number of benzene rings is 4. The van der Waals surface area contributed by atoms with E-state index in [4.69, 9.17) is 24.1 Å². The second-order valence-corrected chi connectivity index (χ2v) is 17.7. The molecule has 0 aromatic heterocycles. The Morgan fingerprint density at radius 2 is 1.32 bits per heavy atom. The monoisotopic (exact) mass is 917 g/mol. The van der Waals surface area contributed by atoms with Gasteiger partial charge in [-0.25, -0.2) is 32.6 Å². The molecule has 0 aliphatic rings. The molecule has 4 aromatic carbocycles. The molecule has 0 amide bonds. The van der Waals surface area contributed by atoms with Crippen LogP contribution in [0.5, 0.6) is 5.75 Å². The number of fused-ring (bicyclic) bond motifs is 1. The largest absolute Gasteiger partial charge is 0.505 e. The molecule has 4 aromatic rings. The van der Waals surface area contributed by atoms with Crippen LogP contribution < -0.4 is 5.32 Å². The molecule has 0 bridgehead atoms. The molecular formula is C27H27N5O19S6. The number of phenols is 1. The van der Waals surface area contributed by atoms with Crippen LogP contribution in [0.25, 0.3) is 10.8 Å². The van der Waals surface area contributed by atoms with Crippen molar-refractivity contribution in [3.05, 3.63) is 66.7 Å². The van der Waals surface area contributed by atoms with E-state index < -0.39 is 59.5 Å². The van der Waals surface area contributed by atoms with Gasteiger partial charge in [0.1, 0.15) is 22.9 Å². The van der Waals surface area contributed by atoms with E-state index in [1.807, 2.05) is 0 Å². The maximum atomic E-state index is 13.2. The van der Waals surface area contributed by atoms with Crippen molar-refractivity contribution in [3.63, 3.8) is 0 Å². The van der Waals surface area contributed by atoms with Gasteiger partial charge < -0.3 is 10.4 Å². The number of aromatic hydroxyl groups is 1. The van der Waals surface area contributed by atoms with Crippen molar-refractivity contribution in [2.24, 2.45) is 20.5 Å². The number of phenolic OH excluding ortho intramolecular Hbond substituents is 1. The molecule has 310 valence electrons. The quantitative estimate of drug-likeness (QED) is 0.0107. The summed E-state index contributed by atoms with van der Waals surface area (Å²) < 4.78 is 107. The lowest BCUT2D eigenvalue weighted by molar-refractivity contribution is -0.434. The van der Waals surface area contributed by atoms with Gasteiger partial charge in [0, 0.05) is 10.8 Å². The Bertz CT molecular complexity index is 2390. The molecule has 24 nitrogen and oxygen atoms in total. The van der Waals surface area contributed by atoms with Crippen molar-refractivity contribution in [1.29, 1.82) is 0 Å². The van der Waals surface area contributed by atoms with Crippen LogP contribution in [-0.4, -0.2) is 81.3 Å². The predicted octanol–water partition coefficient (Wildman–Crippen LogP) is 6.61. The third-order valence-electron chi connectivity index (χ3n) is 6.79. The second kappa shape index (κ2) is 21.9. The molecule has 4 rings (SSSR count). The maximum absolute atomic E-state index is 13.2. The number of anilines is 1. The summed E-state index contributed by atoms with van der Waals surface area (Å²) in [5.74, 6) is -2.69. The van der Waals surface area contributed by atoms with Crippen LogP contribution in [0.15, 0.2) is 102 Å². The van der Waals surface area contributed by atoms with E-state index in [2.05, 4.69) is 53.9 Å². The van der Waals surface area contributed by atoms with Gasteiger partial charge in [-0.1, -0.05) is 33.3 Å². The van der Waals surface area contributed by atoms with Gasteiger partial charge in [-0.2, -0.15) is 13.5 Å². The Morgan fingerprint density at radius 1 is 0.667 bits per heavy atom. The van der Waals surface area contributed by atoms with Crippen molar-refractivity contribution < 1.29 is 87.2 Å². The van der Waals surface area contributed by atoms with E-state index in [0.29, 0.717) is 12.0 Å². The van der Waals surface area contributed by atoms with Crippen LogP contribution in [0.3, 0.4) is 0 Å². The molecule has 0 heterocycles. The first kappa shape index (κ1) is 46.1. The summed E-state index contributed by atoms with van der Waals surface area (Å²) in [5.41, 5.74) is -0.765. The van der Waals surface area contributed by atoms with Gasteiger partial charge in [-0.15, -0.1) is 28.3 Å². The number of rotatable bonds is 24. The Balaban J connectivity index is 1.78. The first-order chi connectivity index (χ1) is 27.2. The van der Waals surface area contributed by atoms with Crippen molar-refractivity contribution in [1.82, 2.24) is 0 Å². The summed E-state index contributed by atoms with van der Waals surface area (Å²) in [5, 5.41) is 65.9. The SMILES string of the molecule is O=S(=O)(O)CNc1ccc2c(O)c(/N=N/c3cccc(S(=O)(=O)CCOSOOO)c3)c(SOOO)cc2c1/N=N/c1ccccc1S(=O)(=O)CCOSOOO. The Labute approximate surface area is 334 Å². The highest BCUT2D eigenvalue weighted by molar-refractivity contribution is 7.94. The lowest BCUT2D eigenvalue weighted by Crippen LogP contribution is -2.13.